The van der Waals surface area contributed by atoms with Gasteiger partial charge in [0.15, 0.2) is 5.78 Å². The molecule has 0 radical (unpaired) electrons. The molecule has 2 N–H and O–H groups in total. The molecule has 0 saturated heterocycles. The van der Waals surface area contributed by atoms with Gasteiger partial charge in [0.1, 0.15) is 5.82 Å². The zero-order valence-corrected chi connectivity index (χ0v) is 11.5. The second-order valence-corrected chi connectivity index (χ2v) is 4.57. The van der Waals surface area contributed by atoms with Crippen LogP contribution in [0.3, 0.4) is 0 Å². The average molecular weight is 286 g/mol. The van der Waals surface area contributed by atoms with Crippen LogP contribution < -0.4 is 10.6 Å². The summed E-state index contributed by atoms with van der Waals surface area (Å²) in [4.78, 5) is 22.8. The number of benzene rings is 2. The Kier molecular flexibility index (Phi) is 4.66. The molecule has 0 aliphatic rings. The molecule has 0 atom stereocenters. The van der Waals surface area contributed by atoms with Crippen molar-refractivity contribution < 1.29 is 14.0 Å². The summed E-state index contributed by atoms with van der Waals surface area (Å²) in [7, 11) is 0. The minimum atomic E-state index is -0.394. The highest BCUT2D eigenvalue weighted by Gasteiger charge is 2.03. The molecule has 2 rings (SSSR count). The molecule has 5 heteroatoms. The van der Waals surface area contributed by atoms with Gasteiger partial charge in [0, 0.05) is 17.8 Å². The number of amides is 2. The maximum atomic E-state index is 13.0. The lowest BCUT2D eigenvalue weighted by Gasteiger charge is -2.08. The normalized spacial score (nSPS) is 10.0. The Morgan fingerprint density at radius 2 is 1.81 bits per heavy atom. The molecule has 21 heavy (non-hydrogen) atoms. The van der Waals surface area contributed by atoms with Crippen molar-refractivity contribution in [1.29, 1.82) is 0 Å². The predicted molar refractivity (Wildman–Crippen MR) is 78.7 cm³/mol. The van der Waals surface area contributed by atoms with Gasteiger partial charge in [-0.05, 0) is 48.9 Å². The molecule has 108 valence electrons. The van der Waals surface area contributed by atoms with E-state index in [1.807, 2.05) is 0 Å². The molecule has 2 aromatic rings. The molecular formula is C16H15FN2O2. The van der Waals surface area contributed by atoms with Gasteiger partial charge in [0.2, 0.25) is 0 Å². The molecule has 0 aliphatic heterocycles. The van der Waals surface area contributed by atoms with Crippen LogP contribution in [0.2, 0.25) is 0 Å². The molecule has 0 aliphatic carbocycles. The van der Waals surface area contributed by atoms with Gasteiger partial charge in [-0.1, -0.05) is 12.1 Å². The minimum Gasteiger partial charge on any atom is -0.334 e. The van der Waals surface area contributed by atoms with Crippen molar-refractivity contribution in [2.24, 2.45) is 0 Å². The Labute approximate surface area is 122 Å². The fourth-order valence-corrected chi connectivity index (χ4v) is 1.79. The van der Waals surface area contributed by atoms with Crippen LogP contribution in [0.1, 0.15) is 22.8 Å². The van der Waals surface area contributed by atoms with Crippen molar-refractivity contribution in [3.63, 3.8) is 0 Å². The highest BCUT2D eigenvalue weighted by atomic mass is 19.1. The maximum absolute atomic E-state index is 13.0. The summed E-state index contributed by atoms with van der Waals surface area (Å²) in [5, 5.41) is 5.27. The number of nitrogens with one attached hydrogen (secondary N) is 2. The first kappa shape index (κ1) is 14.7. The van der Waals surface area contributed by atoms with E-state index in [-0.39, 0.29) is 18.1 Å². The zero-order valence-electron chi connectivity index (χ0n) is 11.5. The van der Waals surface area contributed by atoms with Crippen LogP contribution in [0.15, 0.2) is 48.5 Å². The lowest BCUT2D eigenvalue weighted by molar-refractivity contribution is 0.101. The van der Waals surface area contributed by atoms with Crippen LogP contribution in [0, 0.1) is 5.82 Å². The Bertz CT molecular complexity index is 654. The molecule has 0 spiro atoms. The van der Waals surface area contributed by atoms with E-state index >= 15 is 0 Å². The molecule has 0 aromatic heterocycles. The number of urea groups is 1. The van der Waals surface area contributed by atoms with Gasteiger partial charge in [0.05, 0.1) is 0 Å². The van der Waals surface area contributed by atoms with E-state index in [1.165, 1.54) is 19.1 Å². The highest BCUT2D eigenvalue weighted by Crippen LogP contribution is 2.10. The van der Waals surface area contributed by atoms with Crippen molar-refractivity contribution in [3.8, 4) is 0 Å². The van der Waals surface area contributed by atoms with E-state index in [0.717, 1.165) is 0 Å². The summed E-state index contributed by atoms with van der Waals surface area (Å²) in [5.41, 5.74) is 1.84. The van der Waals surface area contributed by atoms with Crippen LogP contribution in [0.25, 0.3) is 0 Å². The van der Waals surface area contributed by atoms with Gasteiger partial charge in [-0.25, -0.2) is 9.18 Å². The topological polar surface area (TPSA) is 58.2 Å². The number of hydrogen-bond acceptors (Lipinski definition) is 2. The number of halogens is 1. The first-order chi connectivity index (χ1) is 10.0. The lowest BCUT2D eigenvalue weighted by Crippen LogP contribution is -2.28. The Morgan fingerprint density at radius 1 is 1.10 bits per heavy atom. The van der Waals surface area contributed by atoms with Crippen molar-refractivity contribution in [2.75, 3.05) is 5.32 Å². The zero-order chi connectivity index (χ0) is 15.2. The number of carbonyl (C=O) groups excluding carboxylic acids is 2. The smallest absolute Gasteiger partial charge is 0.319 e. The molecule has 0 heterocycles. The molecule has 4 nitrogen and oxygen atoms in total. The summed E-state index contributed by atoms with van der Waals surface area (Å²) < 4.78 is 13.0. The molecule has 0 unspecified atom stereocenters. The van der Waals surface area contributed by atoms with E-state index in [1.54, 1.807) is 36.4 Å². The number of rotatable bonds is 4. The van der Waals surface area contributed by atoms with Gasteiger partial charge in [-0.2, -0.15) is 0 Å². The van der Waals surface area contributed by atoms with Gasteiger partial charge in [0.25, 0.3) is 0 Å². The number of ketones is 1. The Hall–Kier alpha value is -2.69. The van der Waals surface area contributed by atoms with E-state index in [2.05, 4.69) is 10.6 Å². The molecule has 0 saturated carbocycles. The largest absolute Gasteiger partial charge is 0.334 e. The number of hydrogen-bond donors (Lipinski definition) is 2. The maximum Gasteiger partial charge on any atom is 0.319 e. The number of carbonyl (C=O) groups is 2. The summed E-state index contributed by atoms with van der Waals surface area (Å²) in [6.45, 7) is 1.71. The van der Waals surface area contributed by atoms with Gasteiger partial charge in [-0.15, -0.1) is 0 Å². The van der Waals surface area contributed by atoms with Crippen LogP contribution in [0.5, 0.6) is 0 Å². The number of Topliss-reactive ketones (excluding diaryl/α,β-unsaturated/α-hetero) is 1. The second kappa shape index (κ2) is 6.65. The lowest BCUT2D eigenvalue weighted by atomic mass is 10.1. The molecule has 2 amide bonds. The van der Waals surface area contributed by atoms with Crippen molar-refractivity contribution in [3.05, 3.63) is 65.5 Å². The van der Waals surface area contributed by atoms with Gasteiger partial charge < -0.3 is 10.6 Å². The van der Waals surface area contributed by atoms with Crippen molar-refractivity contribution in [1.82, 2.24) is 5.32 Å². The fraction of sp³-hybridized carbons (Fsp3) is 0.125. The van der Waals surface area contributed by atoms with Gasteiger partial charge >= 0.3 is 6.03 Å². The highest BCUT2D eigenvalue weighted by molar-refractivity contribution is 5.95. The third kappa shape index (κ3) is 4.42. The first-order valence-electron chi connectivity index (χ1n) is 6.45. The SMILES string of the molecule is CC(=O)c1ccc(NC(=O)NCc2cccc(F)c2)cc1. The molecule has 0 fully saturated rings. The third-order valence-electron chi connectivity index (χ3n) is 2.89. The van der Waals surface area contributed by atoms with E-state index in [9.17, 15) is 14.0 Å². The molecule has 0 bridgehead atoms. The van der Waals surface area contributed by atoms with Crippen LogP contribution >= 0.6 is 0 Å². The van der Waals surface area contributed by atoms with Crippen molar-refractivity contribution >= 4 is 17.5 Å². The summed E-state index contributed by atoms with van der Waals surface area (Å²) in [6.07, 6.45) is 0. The second-order valence-electron chi connectivity index (χ2n) is 4.57. The van der Waals surface area contributed by atoms with Gasteiger partial charge in [-0.3, -0.25) is 4.79 Å². The Morgan fingerprint density at radius 3 is 2.43 bits per heavy atom. The first-order valence-corrected chi connectivity index (χ1v) is 6.45. The fourth-order valence-electron chi connectivity index (χ4n) is 1.79. The van der Waals surface area contributed by atoms with E-state index in [0.29, 0.717) is 16.8 Å². The summed E-state index contributed by atoms with van der Waals surface area (Å²) >= 11 is 0. The van der Waals surface area contributed by atoms with Crippen LogP contribution in [-0.2, 0) is 6.54 Å². The van der Waals surface area contributed by atoms with E-state index < -0.39 is 6.03 Å². The standard InChI is InChI=1S/C16H15FN2O2/c1-11(20)13-5-7-15(8-6-13)19-16(21)18-10-12-3-2-4-14(17)9-12/h2-9H,10H2,1H3,(H2,18,19,21). The average Bonchev–Trinajstić information content (AvgIpc) is 2.46. The summed E-state index contributed by atoms with van der Waals surface area (Å²) in [5.74, 6) is -0.369. The Balaban J connectivity index is 1.88. The minimum absolute atomic E-state index is 0.0305. The van der Waals surface area contributed by atoms with Crippen LogP contribution in [0.4, 0.5) is 14.9 Å². The number of anilines is 1. The predicted octanol–water partition coefficient (Wildman–Crippen LogP) is 3.35. The third-order valence-corrected chi connectivity index (χ3v) is 2.89. The van der Waals surface area contributed by atoms with E-state index in [4.69, 9.17) is 0 Å². The quantitative estimate of drug-likeness (QED) is 0.847. The summed E-state index contributed by atoms with van der Waals surface area (Å²) in [6, 6.07) is 12.2. The van der Waals surface area contributed by atoms with Crippen molar-refractivity contribution in [2.45, 2.75) is 13.5 Å². The monoisotopic (exact) mass is 286 g/mol. The van der Waals surface area contributed by atoms with Crippen LogP contribution in [-0.4, -0.2) is 11.8 Å². The molecular weight excluding hydrogens is 271 g/mol. The molecule has 2 aromatic carbocycles.